The van der Waals surface area contributed by atoms with E-state index in [0.717, 1.165) is 16.9 Å². The fourth-order valence-electron chi connectivity index (χ4n) is 2.98. The van der Waals surface area contributed by atoms with Gasteiger partial charge >= 0.3 is 5.97 Å². The third-order valence-corrected chi connectivity index (χ3v) is 4.57. The molecule has 1 saturated carbocycles. The van der Waals surface area contributed by atoms with Crippen molar-refractivity contribution in [1.29, 1.82) is 0 Å². The van der Waals surface area contributed by atoms with Crippen LogP contribution in [-0.2, 0) is 16.1 Å². The van der Waals surface area contributed by atoms with Crippen molar-refractivity contribution in [3.05, 3.63) is 59.7 Å². The number of aryl methyl sites for hydroxylation is 1. The van der Waals surface area contributed by atoms with E-state index in [4.69, 9.17) is 9.84 Å². The Balaban J connectivity index is 1.65. The number of hydrogen-bond acceptors (Lipinski definition) is 3. The number of amides is 1. The van der Waals surface area contributed by atoms with Crippen molar-refractivity contribution in [2.24, 2.45) is 11.8 Å². The molecule has 2 N–H and O–H groups in total. The van der Waals surface area contributed by atoms with Crippen LogP contribution in [0.2, 0.25) is 0 Å². The summed E-state index contributed by atoms with van der Waals surface area (Å²) in [6.07, 6.45) is 1.20. The molecule has 130 valence electrons. The highest BCUT2D eigenvalue weighted by molar-refractivity contribution is 5.86. The first-order valence-electron chi connectivity index (χ1n) is 8.37. The highest BCUT2D eigenvalue weighted by Gasteiger charge is 2.41. The molecule has 0 heterocycles. The Bertz CT molecular complexity index is 787. The fourth-order valence-corrected chi connectivity index (χ4v) is 2.98. The summed E-state index contributed by atoms with van der Waals surface area (Å²) in [4.78, 5) is 23.3. The van der Waals surface area contributed by atoms with Gasteiger partial charge in [0.2, 0.25) is 5.91 Å². The number of ether oxygens (including phenoxy) is 1. The van der Waals surface area contributed by atoms with Crippen LogP contribution < -0.4 is 10.1 Å². The quantitative estimate of drug-likeness (QED) is 0.844. The molecule has 0 saturated heterocycles. The van der Waals surface area contributed by atoms with Crippen LogP contribution in [0.1, 0.15) is 24.0 Å². The molecule has 0 radical (unpaired) electrons. The van der Waals surface area contributed by atoms with Gasteiger partial charge in [-0.25, -0.2) is 0 Å². The second kappa shape index (κ2) is 7.38. The Morgan fingerprint density at radius 2 is 1.88 bits per heavy atom. The number of nitrogens with one attached hydrogen (secondary N) is 1. The number of benzene rings is 2. The summed E-state index contributed by atoms with van der Waals surface area (Å²) in [6.45, 7) is 2.31. The lowest BCUT2D eigenvalue weighted by Gasteiger charge is -2.32. The molecule has 2 atom stereocenters. The predicted molar refractivity (Wildman–Crippen MR) is 93.4 cm³/mol. The molecule has 1 aliphatic carbocycles. The van der Waals surface area contributed by atoms with Crippen LogP contribution in [0.25, 0.3) is 0 Å². The first kappa shape index (κ1) is 17.0. The lowest BCUT2D eigenvalue weighted by atomic mass is 9.73. The molecule has 2 unspecified atom stereocenters. The summed E-state index contributed by atoms with van der Waals surface area (Å²) in [6, 6.07) is 15.3. The third-order valence-electron chi connectivity index (χ3n) is 4.57. The molecule has 1 aliphatic rings. The Labute approximate surface area is 146 Å². The van der Waals surface area contributed by atoms with Crippen LogP contribution in [0.15, 0.2) is 48.5 Å². The van der Waals surface area contributed by atoms with E-state index in [9.17, 15) is 9.59 Å². The number of carbonyl (C=O) groups excluding carboxylic acids is 1. The number of carbonyl (C=O) groups is 2. The highest BCUT2D eigenvalue weighted by Crippen LogP contribution is 2.34. The van der Waals surface area contributed by atoms with E-state index in [1.54, 1.807) is 0 Å². The number of aliphatic carboxylic acids is 1. The molecule has 0 aliphatic heterocycles. The fraction of sp³-hybridized carbons (Fsp3) is 0.300. The van der Waals surface area contributed by atoms with Gasteiger partial charge in [0.25, 0.3) is 0 Å². The van der Waals surface area contributed by atoms with Crippen molar-refractivity contribution in [3.8, 4) is 11.5 Å². The van der Waals surface area contributed by atoms with Crippen molar-refractivity contribution in [2.45, 2.75) is 26.3 Å². The predicted octanol–water partition coefficient (Wildman–Crippen LogP) is 3.51. The van der Waals surface area contributed by atoms with E-state index in [0.29, 0.717) is 25.1 Å². The summed E-state index contributed by atoms with van der Waals surface area (Å²) in [5.41, 5.74) is 1.96. The SMILES string of the molecule is Cc1cccc(Oc2ccccc2CNC(=O)C2CCC2C(=O)O)c1. The Morgan fingerprint density at radius 3 is 2.56 bits per heavy atom. The molecule has 25 heavy (non-hydrogen) atoms. The number of carboxylic acid groups (broad SMARTS) is 1. The second-order valence-corrected chi connectivity index (χ2v) is 6.37. The van der Waals surface area contributed by atoms with Gasteiger partial charge in [-0.15, -0.1) is 0 Å². The van der Waals surface area contributed by atoms with Crippen molar-refractivity contribution >= 4 is 11.9 Å². The summed E-state index contributed by atoms with van der Waals surface area (Å²) in [5.74, 6) is -0.666. The van der Waals surface area contributed by atoms with Gasteiger partial charge in [-0.3, -0.25) is 9.59 Å². The van der Waals surface area contributed by atoms with Crippen LogP contribution in [0.3, 0.4) is 0 Å². The smallest absolute Gasteiger partial charge is 0.307 e. The Kier molecular flexibility index (Phi) is 5.03. The average Bonchev–Trinajstić information content (AvgIpc) is 2.52. The van der Waals surface area contributed by atoms with E-state index < -0.39 is 17.8 Å². The minimum Gasteiger partial charge on any atom is -0.481 e. The van der Waals surface area contributed by atoms with Crippen molar-refractivity contribution < 1.29 is 19.4 Å². The highest BCUT2D eigenvalue weighted by atomic mass is 16.5. The standard InChI is InChI=1S/C20H21NO4/c1-13-5-4-7-15(11-13)25-18-8-3-2-6-14(18)12-21-19(22)16-9-10-17(16)20(23)24/h2-8,11,16-17H,9-10,12H2,1H3,(H,21,22)(H,23,24). The lowest BCUT2D eigenvalue weighted by molar-refractivity contribution is -0.152. The van der Waals surface area contributed by atoms with E-state index in [2.05, 4.69) is 5.32 Å². The molecule has 5 nitrogen and oxygen atoms in total. The molecule has 0 spiro atoms. The van der Waals surface area contributed by atoms with Gasteiger partial charge in [0.15, 0.2) is 0 Å². The van der Waals surface area contributed by atoms with Gasteiger partial charge in [-0.1, -0.05) is 30.3 Å². The summed E-state index contributed by atoms with van der Waals surface area (Å²) in [7, 11) is 0. The topological polar surface area (TPSA) is 75.6 Å². The molecular weight excluding hydrogens is 318 g/mol. The van der Waals surface area contributed by atoms with Gasteiger partial charge in [0.05, 0.1) is 11.8 Å². The molecule has 2 aromatic rings. The van der Waals surface area contributed by atoms with Crippen LogP contribution in [0, 0.1) is 18.8 Å². The van der Waals surface area contributed by atoms with E-state index in [1.165, 1.54) is 0 Å². The zero-order chi connectivity index (χ0) is 17.8. The normalized spacial score (nSPS) is 18.9. The second-order valence-electron chi connectivity index (χ2n) is 6.37. The largest absolute Gasteiger partial charge is 0.481 e. The van der Waals surface area contributed by atoms with Gasteiger partial charge in [-0.2, -0.15) is 0 Å². The maximum Gasteiger partial charge on any atom is 0.307 e. The minimum atomic E-state index is -0.894. The number of rotatable bonds is 6. The van der Waals surface area contributed by atoms with Gasteiger partial charge in [0.1, 0.15) is 11.5 Å². The Morgan fingerprint density at radius 1 is 1.12 bits per heavy atom. The molecule has 0 aromatic heterocycles. The zero-order valence-corrected chi connectivity index (χ0v) is 14.1. The average molecular weight is 339 g/mol. The third kappa shape index (κ3) is 3.99. The zero-order valence-electron chi connectivity index (χ0n) is 14.1. The van der Waals surface area contributed by atoms with Crippen LogP contribution in [0.5, 0.6) is 11.5 Å². The summed E-state index contributed by atoms with van der Waals surface area (Å²) < 4.78 is 5.94. The van der Waals surface area contributed by atoms with Crippen LogP contribution in [-0.4, -0.2) is 17.0 Å². The van der Waals surface area contributed by atoms with Gasteiger partial charge in [-0.05, 0) is 43.5 Å². The van der Waals surface area contributed by atoms with E-state index in [1.807, 2.05) is 55.5 Å². The monoisotopic (exact) mass is 339 g/mol. The molecule has 5 heteroatoms. The maximum atomic E-state index is 12.2. The number of carboxylic acids is 1. The lowest BCUT2D eigenvalue weighted by Crippen LogP contribution is -2.43. The Hall–Kier alpha value is -2.82. The van der Waals surface area contributed by atoms with Gasteiger partial charge in [0, 0.05) is 12.1 Å². The number of hydrogen-bond donors (Lipinski definition) is 2. The minimum absolute atomic E-state index is 0.205. The molecule has 1 amide bonds. The van der Waals surface area contributed by atoms with Gasteiger partial charge < -0.3 is 15.2 Å². The first-order chi connectivity index (χ1) is 12.0. The molecular formula is C20H21NO4. The maximum absolute atomic E-state index is 12.2. The molecule has 1 fully saturated rings. The first-order valence-corrected chi connectivity index (χ1v) is 8.37. The molecule has 0 bridgehead atoms. The number of para-hydroxylation sites is 1. The van der Waals surface area contributed by atoms with Crippen LogP contribution in [0.4, 0.5) is 0 Å². The van der Waals surface area contributed by atoms with Crippen molar-refractivity contribution in [3.63, 3.8) is 0 Å². The summed E-state index contributed by atoms with van der Waals surface area (Å²) >= 11 is 0. The summed E-state index contributed by atoms with van der Waals surface area (Å²) in [5, 5.41) is 11.9. The van der Waals surface area contributed by atoms with Crippen molar-refractivity contribution in [2.75, 3.05) is 0 Å². The van der Waals surface area contributed by atoms with Crippen LogP contribution >= 0.6 is 0 Å². The molecule has 3 rings (SSSR count). The van der Waals surface area contributed by atoms with Crippen molar-refractivity contribution in [1.82, 2.24) is 5.32 Å². The molecule has 2 aromatic carbocycles. The van der Waals surface area contributed by atoms with E-state index in [-0.39, 0.29) is 5.91 Å². The van der Waals surface area contributed by atoms with E-state index >= 15 is 0 Å².